The van der Waals surface area contributed by atoms with Crippen molar-refractivity contribution in [1.82, 2.24) is 15.1 Å². The lowest BCUT2D eigenvalue weighted by Gasteiger charge is -1.95. The average molecular weight is 207 g/mol. The zero-order valence-corrected chi connectivity index (χ0v) is 8.04. The van der Waals surface area contributed by atoms with Gasteiger partial charge < -0.3 is 14.4 Å². The average Bonchev–Trinajstić information content (AvgIpc) is 2.68. The van der Waals surface area contributed by atoms with Gasteiger partial charge in [0.1, 0.15) is 12.4 Å². The van der Waals surface area contributed by atoms with E-state index in [0.717, 1.165) is 0 Å². The third-order valence-electron chi connectivity index (χ3n) is 1.77. The minimum atomic E-state index is 0.00474. The van der Waals surface area contributed by atoms with Gasteiger partial charge >= 0.3 is 0 Å². The van der Waals surface area contributed by atoms with Crippen LogP contribution in [0.5, 0.6) is 5.75 Å². The van der Waals surface area contributed by atoms with Crippen molar-refractivity contribution in [2.45, 2.75) is 6.61 Å². The van der Waals surface area contributed by atoms with E-state index in [0.29, 0.717) is 11.4 Å². The quantitative estimate of drug-likeness (QED) is 0.808. The van der Waals surface area contributed by atoms with Crippen LogP contribution in [0.15, 0.2) is 23.0 Å². The second-order valence-corrected chi connectivity index (χ2v) is 2.84. The van der Waals surface area contributed by atoms with E-state index in [9.17, 15) is 5.11 Å². The van der Waals surface area contributed by atoms with Crippen LogP contribution in [0.3, 0.4) is 0 Å². The molecule has 2 aromatic heterocycles. The van der Waals surface area contributed by atoms with Crippen molar-refractivity contribution in [3.63, 3.8) is 0 Å². The molecule has 0 radical (unpaired) electrons. The van der Waals surface area contributed by atoms with Gasteiger partial charge in [0.15, 0.2) is 5.82 Å². The summed E-state index contributed by atoms with van der Waals surface area (Å²) in [6, 6.07) is 1.60. The minimum absolute atomic E-state index is 0.00474. The first-order valence-electron chi connectivity index (χ1n) is 4.26. The number of methoxy groups -OCH3 is 1. The number of aromatic hydroxyl groups is 1. The number of ether oxygens (including phenoxy) is 1. The zero-order valence-electron chi connectivity index (χ0n) is 8.04. The highest BCUT2D eigenvalue weighted by molar-refractivity contribution is 5.60. The summed E-state index contributed by atoms with van der Waals surface area (Å²) in [7, 11) is 1.54. The molecule has 2 aromatic rings. The molecule has 78 valence electrons. The van der Waals surface area contributed by atoms with E-state index in [1.54, 1.807) is 13.2 Å². The molecule has 0 aromatic carbocycles. The Morgan fingerprint density at radius 1 is 1.53 bits per heavy atom. The van der Waals surface area contributed by atoms with E-state index >= 15 is 0 Å². The number of aromatic nitrogens is 3. The third kappa shape index (κ3) is 1.94. The van der Waals surface area contributed by atoms with Crippen LogP contribution in [0.25, 0.3) is 11.5 Å². The fourth-order valence-electron chi connectivity index (χ4n) is 1.12. The van der Waals surface area contributed by atoms with Crippen molar-refractivity contribution < 1.29 is 14.4 Å². The Balaban J connectivity index is 2.33. The Morgan fingerprint density at radius 2 is 2.40 bits per heavy atom. The van der Waals surface area contributed by atoms with Gasteiger partial charge in [0.2, 0.25) is 0 Å². The number of hydrogen-bond donors (Lipinski definition) is 1. The molecule has 6 nitrogen and oxygen atoms in total. The van der Waals surface area contributed by atoms with Crippen LogP contribution in [0.1, 0.15) is 5.82 Å². The number of nitrogens with zero attached hydrogens (tertiary/aromatic N) is 3. The molecule has 0 saturated carbocycles. The predicted octanol–water partition coefficient (Wildman–Crippen LogP) is 0.984. The molecule has 0 fully saturated rings. The molecule has 2 heterocycles. The van der Waals surface area contributed by atoms with Crippen molar-refractivity contribution in [3.8, 4) is 17.2 Å². The number of pyridine rings is 1. The molecule has 15 heavy (non-hydrogen) atoms. The van der Waals surface area contributed by atoms with Gasteiger partial charge in [0.25, 0.3) is 5.89 Å². The highest BCUT2D eigenvalue weighted by Crippen LogP contribution is 2.25. The van der Waals surface area contributed by atoms with E-state index < -0.39 is 0 Å². The van der Waals surface area contributed by atoms with Gasteiger partial charge in [-0.05, 0) is 6.07 Å². The maximum absolute atomic E-state index is 9.48. The Labute approximate surface area is 85.5 Å². The second-order valence-electron chi connectivity index (χ2n) is 2.84. The Bertz CT molecular complexity index is 455. The molecule has 0 aliphatic carbocycles. The van der Waals surface area contributed by atoms with Crippen molar-refractivity contribution in [2.75, 3.05) is 7.11 Å². The highest BCUT2D eigenvalue weighted by Gasteiger charge is 2.11. The Kier molecular flexibility index (Phi) is 2.59. The molecule has 6 heteroatoms. The normalized spacial score (nSPS) is 10.5. The van der Waals surface area contributed by atoms with Crippen LogP contribution in [0.2, 0.25) is 0 Å². The van der Waals surface area contributed by atoms with E-state index in [1.807, 2.05) is 0 Å². The third-order valence-corrected chi connectivity index (χ3v) is 1.77. The lowest BCUT2D eigenvalue weighted by Crippen LogP contribution is -1.89. The standard InChI is InChI=1S/C9H9N3O3/c1-14-5-8-11-9(15-12-8)6-2-3-10-4-7(6)13/h2-4,13H,5H2,1H3. The molecular weight excluding hydrogens is 198 g/mol. The van der Waals surface area contributed by atoms with Crippen LogP contribution in [-0.2, 0) is 11.3 Å². The maximum Gasteiger partial charge on any atom is 0.261 e. The molecule has 0 amide bonds. The Hall–Kier alpha value is -1.95. The molecular formula is C9H9N3O3. The predicted molar refractivity (Wildman–Crippen MR) is 49.9 cm³/mol. The van der Waals surface area contributed by atoms with Crippen molar-refractivity contribution >= 4 is 0 Å². The number of rotatable bonds is 3. The molecule has 0 spiro atoms. The summed E-state index contributed by atoms with van der Waals surface area (Å²) in [6.07, 6.45) is 2.85. The maximum atomic E-state index is 9.48. The van der Waals surface area contributed by atoms with E-state index in [-0.39, 0.29) is 18.2 Å². The van der Waals surface area contributed by atoms with Gasteiger partial charge in [0, 0.05) is 13.3 Å². The molecule has 0 unspecified atom stereocenters. The van der Waals surface area contributed by atoms with Crippen LogP contribution in [0, 0.1) is 0 Å². The second kappa shape index (κ2) is 4.05. The summed E-state index contributed by atoms with van der Waals surface area (Å²) in [5.41, 5.74) is 0.458. The molecule has 0 bridgehead atoms. The molecule has 0 atom stereocenters. The molecule has 2 rings (SSSR count). The summed E-state index contributed by atoms with van der Waals surface area (Å²) < 4.78 is 9.80. The van der Waals surface area contributed by atoms with Gasteiger partial charge in [-0.25, -0.2) is 0 Å². The summed E-state index contributed by atoms with van der Waals surface area (Å²) in [5, 5.41) is 13.2. The summed E-state index contributed by atoms with van der Waals surface area (Å²) in [4.78, 5) is 7.79. The van der Waals surface area contributed by atoms with Gasteiger partial charge in [-0.3, -0.25) is 4.98 Å². The molecule has 0 aliphatic rings. The van der Waals surface area contributed by atoms with E-state index in [4.69, 9.17) is 9.26 Å². The smallest absolute Gasteiger partial charge is 0.261 e. The van der Waals surface area contributed by atoms with E-state index in [1.165, 1.54) is 12.4 Å². The molecule has 0 aliphatic heterocycles. The van der Waals surface area contributed by atoms with Gasteiger partial charge in [-0.15, -0.1) is 0 Å². The fraction of sp³-hybridized carbons (Fsp3) is 0.222. The lowest BCUT2D eigenvalue weighted by molar-refractivity contribution is 0.174. The first kappa shape index (κ1) is 9.60. The molecule has 0 saturated heterocycles. The Morgan fingerprint density at radius 3 is 3.13 bits per heavy atom. The summed E-state index contributed by atoms with van der Waals surface area (Å²) in [6.45, 7) is 0.273. The topological polar surface area (TPSA) is 81.3 Å². The van der Waals surface area contributed by atoms with Gasteiger partial charge in [-0.2, -0.15) is 4.98 Å². The van der Waals surface area contributed by atoms with Gasteiger partial charge in [0.05, 0.1) is 11.8 Å². The molecule has 1 N–H and O–H groups in total. The summed E-state index contributed by atoms with van der Waals surface area (Å²) >= 11 is 0. The summed E-state index contributed by atoms with van der Waals surface area (Å²) in [5.74, 6) is 0.691. The van der Waals surface area contributed by atoms with E-state index in [2.05, 4.69) is 15.1 Å². The van der Waals surface area contributed by atoms with Crippen LogP contribution in [0.4, 0.5) is 0 Å². The first-order chi connectivity index (χ1) is 7.31. The van der Waals surface area contributed by atoms with Gasteiger partial charge in [-0.1, -0.05) is 5.16 Å². The SMILES string of the molecule is COCc1noc(-c2ccncc2O)n1. The van der Waals surface area contributed by atoms with Crippen molar-refractivity contribution in [1.29, 1.82) is 0 Å². The lowest BCUT2D eigenvalue weighted by atomic mass is 10.2. The first-order valence-corrected chi connectivity index (χ1v) is 4.26. The van der Waals surface area contributed by atoms with Crippen molar-refractivity contribution in [3.05, 3.63) is 24.3 Å². The zero-order chi connectivity index (χ0) is 10.7. The van der Waals surface area contributed by atoms with Crippen LogP contribution in [-0.4, -0.2) is 27.3 Å². The monoisotopic (exact) mass is 207 g/mol. The largest absolute Gasteiger partial charge is 0.505 e. The highest BCUT2D eigenvalue weighted by atomic mass is 16.5. The van der Waals surface area contributed by atoms with Crippen molar-refractivity contribution in [2.24, 2.45) is 0 Å². The number of hydrogen-bond acceptors (Lipinski definition) is 6. The fourth-order valence-corrected chi connectivity index (χ4v) is 1.12. The van der Waals surface area contributed by atoms with Crippen LogP contribution < -0.4 is 0 Å². The minimum Gasteiger partial charge on any atom is -0.505 e. The van der Waals surface area contributed by atoms with Crippen LogP contribution >= 0.6 is 0 Å².